The van der Waals surface area contributed by atoms with Crippen molar-refractivity contribution in [2.75, 3.05) is 30.5 Å². The van der Waals surface area contributed by atoms with E-state index in [0.717, 1.165) is 0 Å². The van der Waals surface area contributed by atoms with Crippen molar-refractivity contribution in [2.24, 2.45) is 0 Å². The van der Waals surface area contributed by atoms with E-state index in [4.69, 9.17) is 11.6 Å². The molecule has 0 unspecified atom stereocenters. The highest BCUT2D eigenvalue weighted by Crippen LogP contribution is 1.88. The fourth-order valence-corrected chi connectivity index (χ4v) is 3.25. The fourth-order valence-electron chi connectivity index (χ4n) is 0.797. The number of sulfonamides is 2. The van der Waals surface area contributed by atoms with Crippen LogP contribution in [0.5, 0.6) is 0 Å². The Bertz CT molecular complexity index is 329. The van der Waals surface area contributed by atoms with Gasteiger partial charge in [0.25, 0.3) is 0 Å². The maximum Gasteiger partial charge on any atom is 0.212 e. The van der Waals surface area contributed by atoms with Crippen LogP contribution in [0.3, 0.4) is 0 Å². The van der Waals surface area contributed by atoms with E-state index in [-0.39, 0.29) is 30.5 Å². The molecule has 2 N–H and O–H groups in total. The van der Waals surface area contributed by atoms with Gasteiger partial charge in [0, 0.05) is 19.0 Å². The van der Waals surface area contributed by atoms with Crippen LogP contribution in [0.4, 0.5) is 0 Å². The van der Waals surface area contributed by atoms with Crippen LogP contribution in [0.25, 0.3) is 0 Å². The number of hydrogen-bond donors (Lipinski definition) is 2. The summed E-state index contributed by atoms with van der Waals surface area (Å²) in [6.07, 6.45) is 0. The van der Waals surface area contributed by atoms with E-state index in [2.05, 4.69) is 9.44 Å². The number of nitrogens with one attached hydrogen (secondary N) is 2. The van der Waals surface area contributed by atoms with Crippen molar-refractivity contribution in [3.8, 4) is 0 Å². The van der Waals surface area contributed by atoms with E-state index in [1.807, 2.05) is 0 Å². The van der Waals surface area contributed by atoms with Gasteiger partial charge in [0.05, 0.1) is 11.5 Å². The highest BCUT2D eigenvalue weighted by Gasteiger charge is 2.12. The zero-order valence-corrected chi connectivity index (χ0v) is 10.8. The smallest absolute Gasteiger partial charge is 0.212 e. The predicted molar refractivity (Wildman–Crippen MR) is 60.0 cm³/mol. The molecule has 92 valence electrons. The quantitative estimate of drug-likeness (QED) is 0.562. The first-order valence-corrected chi connectivity index (χ1v) is 8.17. The molecule has 9 heteroatoms. The van der Waals surface area contributed by atoms with Gasteiger partial charge in [0.1, 0.15) is 0 Å². The number of hydrogen-bond acceptors (Lipinski definition) is 4. The molecule has 0 amide bonds. The summed E-state index contributed by atoms with van der Waals surface area (Å²) in [6.45, 7) is 1.79. The van der Waals surface area contributed by atoms with E-state index < -0.39 is 20.0 Å². The van der Waals surface area contributed by atoms with Gasteiger partial charge < -0.3 is 0 Å². The molecular formula is C6H15ClN2O4S2. The summed E-state index contributed by atoms with van der Waals surface area (Å²) in [5, 5.41) is 0. The van der Waals surface area contributed by atoms with Gasteiger partial charge in [-0.1, -0.05) is 6.92 Å². The van der Waals surface area contributed by atoms with Crippen LogP contribution in [0.1, 0.15) is 6.92 Å². The monoisotopic (exact) mass is 278 g/mol. The van der Waals surface area contributed by atoms with Crippen LogP contribution >= 0.6 is 11.6 Å². The van der Waals surface area contributed by atoms with Crippen molar-refractivity contribution in [3.63, 3.8) is 0 Å². The Morgan fingerprint density at radius 3 is 2.00 bits per heavy atom. The first-order valence-electron chi connectivity index (χ1n) is 4.33. The van der Waals surface area contributed by atoms with Gasteiger partial charge in [0.15, 0.2) is 0 Å². The van der Waals surface area contributed by atoms with E-state index >= 15 is 0 Å². The highest BCUT2D eigenvalue weighted by atomic mass is 35.5. The van der Waals surface area contributed by atoms with E-state index in [1.54, 1.807) is 6.92 Å². The van der Waals surface area contributed by atoms with Gasteiger partial charge >= 0.3 is 0 Å². The van der Waals surface area contributed by atoms with Gasteiger partial charge in [-0.25, -0.2) is 26.3 Å². The topological polar surface area (TPSA) is 92.3 Å². The standard InChI is InChI=1S/C6H15ClN2O4S2/c1-2-8-15(12,13)6-4-9-14(10,11)5-3-7/h8-9H,2-6H2,1H3. The van der Waals surface area contributed by atoms with Gasteiger partial charge in [-0.15, -0.1) is 11.6 Å². The Balaban J connectivity index is 4.00. The van der Waals surface area contributed by atoms with Crippen LogP contribution in [-0.2, 0) is 20.0 Å². The molecule has 6 nitrogen and oxygen atoms in total. The lowest BCUT2D eigenvalue weighted by Gasteiger charge is -2.06. The van der Waals surface area contributed by atoms with Gasteiger partial charge in [-0.2, -0.15) is 0 Å². The first kappa shape index (κ1) is 15.1. The Morgan fingerprint density at radius 2 is 1.53 bits per heavy atom. The maximum atomic E-state index is 11.1. The summed E-state index contributed by atoms with van der Waals surface area (Å²) in [5.41, 5.74) is 0. The number of rotatable bonds is 8. The molecule has 0 saturated carbocycles. The van der Waals surface area contributed by atoms with E-state index in [9.17, 15) is 16.8 Å². The first-order chi connectivity index (χ1) is 6.83. The van der Waals surface area contributed by atoms with E-state index in [0.29, 0.717) is 0 Å². The average Bonchev–Trinajstić information content (AvgIpc) is 2.02. The van der Waals surface area contributed by atoms with E-state index in [1.165, 1.54) is 0 Å². The van der Waals surface area contributed by atoms with Crippen LogP contribution in [0.15, 0.2) is 0 Å². The Labute approximate surface area is 95.5 Å². The number of alkyl halides is 1. The molecular weight excluding hydrogens is 264 g/mol. The molecule has 0 rings (SSSR count). The van der Waals surface area contributed by atoms with Crippen molar-refractivity contribution in [3.05, 3.63) is 0 Å². The lowest BCUT2D eigenvalue weighted by molar-refractivity contribution is 0.577. The summed E-state index contributed by atoms with van der Waals surface area (Å²) < 4.78 is 48.7. The van der Waals surface area contributed by atoms with Crippen LogP contribution in [0, 0.1) is 0 Å². The second kappa shape index (κ2) is 6.64. The highest BCUT2D eigenvalue weighted by molar-refractivity contribution is 7.90. The third-order valence-corrected chi connectivity index (χ3v) is 4.67. The van der Waals surface area contributed by atoms with Crippen molar-refractivity contribution in [2.45, 2.75) is 6.92 Å². The molecule has 0 aliphatic heterocycles. The van der Waals surface area contributed by atoms with Crippen molar-refractivity contribution < 1.29 is 16.8 Å². The molecule has 0 heterocycles. The Kier molecular flexibility index (Phi) is 6.69. The lowest BCUT2D eigenvalue weighted by Crippen LogP contribution is -2.35. The fraction of sp³-hybridized carbons (Fsp3) is 1.00. The van der Waals surface area contributed by atoms with Gasteiger partial charge in [-0.05, 0) is 0 Å². The lowest BCUT2D eigenvalue weighted by atomic mass is 10.8. The largest absolute Gasteiger partial charge is 0.215 e. The summed E-state index contributed by atoms with van der Waals surface area (Å²) in [4.78, 5) is 0. The molecule has 0 bridgehead atoms. The zero-order valence-electron chi connectivity index (χ0n) is 8.36. The third-order valence-electron chi connectivity index (χ3n) is 1.40. The molecule has 0 aliphatic carbocycles. The number of halogens is 1. The molecule has 0 aromatic carbocycles. The second-order valence-electron chi connectivity index (χ2n) is 2.72. The molecule has 0 saturated heterocycles. The third kappa shape index (κ3) is 7.97. The van der Waals surface area contributed by atoms with Crippen molar-refractivity contribution in [1.29, 1.82) is 0 Å². The minimum absolute atomic E-state index is 0.0186. The molecule has 0 fully saturated rings. The van der Waals surface area contributed by atoms with Crippen molar-refractivity contribution >= 4 is 31.6 Å². The van der Waals surface area contributed by atoms with Crippen molar-refractivity contribution in [1.82, 2.24) is 9.44 Å². The normalized spacial score (nSPS) is 12.9. The van der Waals surface area contributed by atoms with Crippen LogP contribution in [0.2, 0.25) is 0 Å². The summed E-state index contributed by atoms with van der Waals surface area (Å²) in [6, 6.07) is 0. The van der Waals surface area contributed by atoms with Gasteiger partial charge in [0.2, 0.25) is 20.0 Å². The molecule has 0 aliphatic rings. The molecule has 15 heavy (non-hydrogen) atoms. The molecule has 0 radical (unpaired) electrons. The minimum atomic E-state index is -3.44. The van der Waals surface area contributed by atoms with Crippen LogP contribution < -0.4 is 9.44 Å². The molecule has 0 atom stereocenters. The second-order valence-corrected chi connectivity index (χ2v) is 6.95. The maximum absolute atomic E-state index is 11.1. The minimum Gasteiger partial charge on any atom is -0.215 e. The van der Waals surface area contributed by atoms with Crippen LogP contribution in [-0.4, -0.2) is 47.3 Å². The van der Waals surface area contributed by atoms with Gasteiger partial charge in [-0.3, -0.25) is 0 Å². The molecule has 0 aromatic heterocycles. The Hall–Kier alpha value is 0.110. The zero-order chi connectivity index (χ0) is 11.9. The summed E-state index contributed by atoms with van der Waals surface area (Å²) in [5.74, 6) is -0.506. The SMILES string of the molecule is CCNS(=O)(=O)CCNS(=O)(=O)CCCl. The molecule has 0 aromatic rings. The summed E-state index contributed by atoms with van der Waals surface area (Å²) >= 11 is 5.25. The molecule has 0 spiro atoms. The summed E-state index contributed by atoms with van der Waals surface area (Å²) in [7, 11) is -6.82. The Morgan fingerprint density at radius 1 is 1.00 bits per heavy atom. The predicted octanol–water partition coefficient (Wildman–Crippen LogP) is -0.916. The average molecular weight is 279 g/mol.